The average Bonchev–Trinajstić information content (AvgIpc) is 3.48. The van der Waals surface area contributed by atoms with Crippen molar-refractivity contribution in [2.75, 3.05) is 13.2 Å². The fourth-order valence-electron chi connectivity index (χ4n) is 11.0. The fraction of sp³-hybridized carbons (Fsp3) is 0.831. The van der Waals surface area contributed by atoms with E-state index in [1.54, 1.807) is 0 Å². The van der Waals surface area contributed by atoms with Gasteiger partial charge in [-0.25, -0.2) is 0 Å². The van der Waals surface area contributed by atoms with Gasteiger partial charge in [-0.05, 0) is 77.0 Å². The predicted octanol–water partition coefficient (Wildman–Crippen LogP) is 25.5. The van der Waals surface area contributed by atoms with E-state index in [2.05, 4.69) is 81.5 Å². The number of hydrogen-bond donors (Lipinski definition) is 0. The third-order valence-corrected chi connectivity index (χ3v) is 16.5. The van der Waals surface area contributed by atoms with Crippen LogP contribution < -0.4 is 0 Å². The van der Waals surface area contributed by atoms with E-state index in [9.17, 15) is 14.4 Å². The summed E-state index contributed by atoms with van der Waals surface area (Å²) in [5.41, 5.74) is 0. The predicted molar refractivity (Wildman–Crippen MR) is 362 cm³/mol. The van der Waals surface area contributed by atoms with Crippen LogP contribution in [0, 0.1) is 0 Å². The van der Waals surface area contributed by atoms with E-state index in [0.717, 1.165) is 96.3 Å². The second kappa shape index (κ2) is 71.6. The minimum atomic E-state index is -0.778. The number of carbonyl (C=O) groups is 3. The third kappa shape index (κ3) is 69.8. The van der Waals surface area contributed by atoms with Crippen LogP contribution in [0.5, 0.6) is 0 Å². The van der Waals surface area contributed by atoms with E-state index in [1.165, 1.54) is 257 Å². The molecule has 0 bridgehead atoms. The molecule has 0 saturated heterocycles. The lowest BCUT2D eigenvalue weighted by molar-refractivity contribution is -0.167. The molecule has 0 aliphatic carbocycles. The van der Waals surface area contributed by atoms with Crippen molar-refractivity contribution in [1.82, 2.24) is 0 Å². The second-order valence-corrected chi connectivity index (χ2v) is 24.8. The molecule has 0 aliphatic rings. The van der Waals surface area contributed by atoms with Crippen LogP contribution in [0.4, 0.5) is 0 Å². The number of esters is 3. The molecule has 0 radical (unpaired) electrons. The zero-order valence-corrected chi connectivity index (χ0v) is 55.7. The van der Waals surface area contributed by atoms with E-state index in [1.807, 2.05) is 0 Å². The first-order valence-electron chi connectivity index (χ1n) is 36.8. The zero-order valence-electron chi connectivity index (χ0n) is 55.7. The topological polar surface area (TPSA) is 78.9 Å². The molecule has 0 amide bonds. The molecule has 6 heteroatoms. The molecular weight excluding hydrogens is 1020 g/mol. The third-order valence-electron chi connectivity index (χ3n) is 16.5. The Bertz CT molecular complexity index is 1470. The second-order valence-electron chi connectivity index (χ2n) is 24.8. The summed E-state index contributed by atoms with van der Waals surface area (Å²) < 4.78 is 17.0. The van der Waals surface area contributed by atoms with Crippen LogP contribution in [-0.4, -0.2) is 37.2 Å². The Kier molecular flexibility index (Phi) is 69.1. The van der Waals surface area contributed by atoms with Gasteiger partial charge in [-0.15, -0.1) is 0 Å². The molecule has 0 aromatic rings. The fourth-order valence-corrected chi connectivity index (χ4v) is 11.0. The van der Waals surface area contributed by atoms with E-state index < -0.39 is 6.10 Å². The van der Waals surface area contributed by atoms with Crippen molar-refractivity contribution in [2.24, 2.45) is 0 Å². The molecule has 484 valence electrons. The van der Waals surface area contributed by atoms with Crippen LogP contribution in [0.25, 0.3) is 0 Å². The first-order chi connectivity index (χ1) is 41.0. The van der Waals surface area contributed by atoms with E-state index in [0.29, 0.717) is 19.3 Å². The lowest BCUT2D eigenvalue weighted by atomic mass is 10.0. The minimum absolute atomic E-state index is 0.0732. The van der Waals surface area contributed by atoms with Crippen molar-refractivity contribution in [1.29, 1.82) is 0 Å². The van der Waals surface area contributed by atoms with Gasteiger partial charge in [0.25, 0.3) is 0 Å². The summed E-state index contributed by atoms with van der Waals surface area (Å²) in [6.07, 6.45) is 92.8. The monoisotopic (exact) mass is 1160 g/mol. The van der Waals surface area contributed by atoms with Gasteiger partial charge in [0.05, 0.1) is 0 Å². The number of ether oxygens (including phenoxy) is 3. The summed E-state index contributed by atoms with van der Waals surface area (Å²) in [5.74, 6) is -0.863. The molecule has 0 aromatic heterocycles. The largest absolute Gasteiger partial charge is 0.462 e. The maximum atomic E-state index is 12.9. The minimum Gasteiger partial charge on any atom is -0.462 e. The molecule has 0 spiro atoms. The summed E-state index contributed by atoms with van der Waals surface area (Å²) in [6.45, 7) is 6.52. The standard InChI is InChI=1S/C77H140O6/c1-4-7-10-13-16-19-22-24-26-28-30-32-34-36-37-38-39-40-42-43-45-47-49-51-53-55-58-61-64-67-70-76(79)82-73-74(72-81-75(78)69-66-63-60-57-21-18-15-12-9-6-3)83-77(80)71-68-65-62-59-56-54-52-50-48-46-44-41-35-33-31-29-27-25-23-20-17-14-11-8-5-2/h8,11-12,15,17,20,25,27,31,33,74H,4-7,9-10,13-14,16,18-19,21-24,26,28-30,32,34-73H2,1-3H3/b11-8-,15-12-,20-17-,27-25-,33-31-. The Morgan fingerprint density at radius 2 is 0.494 bits per heavy atom. The molecular formula is C77H140O6. The summed E-state index contributed by atoms with van der Waals surface area (Å²) in [6, 6.07) is 0. The summed E-state index contributed by atoms with van der Waals surface area (Å²) in [7, 11) is 0. The average molecular weight is 1160 g/mol. The highest BCUT2D eigenvalue weighted by atomic mass is 16.6. The summed E-state index contributed by atoms with van der Waals surface area (Å²) in [5, 5.41) is 0. The van der Waals surface area contributed by atoms with E-state index >= 15 is 0 Å². The van der Waals surface area contributed by atoms with Gasteiger partial charge < -0.3 is 14.2 Å². The van der Waals surface area contributed by atoms with Crippen molar-refractivity contribution in [3.63, 3.8) is 0 Å². The van der Waals surface area contributed by atoms with E-state index in [4.69, 9.17) is 14.2 Å². The Hall–Kier alpha value is -2.89. The molecule has 0 fully saturated rings. The molecule has 0 rings (SSSR count). The maximum absolute atomic E-state index is 12.9. The van der Waals surface area contributed by atoms with Crippen molar-refractivity contribution >= 4 is 17.9 Å². The molecule has 0 saturated carbocycles. The number of hydrogen-bond acceptors (Lipinski definition) is 6. The first kappa shape index (κ1) is 80.1. The molecule has 0 aliphatic heterocycles. The van der Waals surface area contributed by atoms with Crippen molar-refractivity contribution < 1.29 is 28.6 Å². The number of unbranched alkanes of at least 4 members (excludes halogenated alkanes) is 47. The highest BCUT2D eigenvalue weighted by Gasteiger charge is 2.19. The van der Waals surface area contributed by atoms with Gasteiger partial charge in [-0.3, -0.25) is 14.4 Å². The highest BCUT2D eigenvalue weighted by Crippen LogP contribution is 2.19. The van der Waals surface area contributed by atoms with Gasteiger partial charge in [0.1, 0.15) is 13.2 Å². The van der Waals surface area contributed by atoms with Crippen LogP contribution in [0.1, 0.15) is 393 Å². The van der Waals surface area contributed by atoms with Gasteiger partial charge in [0.15, 0.2) is 6.10 Å². The van der Waals surface area contributed by atoms with Crippen LogP contribution >= 0.6 is 0 Å². The normalized spacial score (nSPS) is 12.4. The summed E-state index contributed by atoms with van der Waals surface area (Å²) >= 11 is 0. The summed E-state index contributed by atoms with van der Waals surface area (Å²) in [4.78, 5) is 38.4. The smallest absolute Gasteiger partial charge is 0.306 e. The van der Waals surface area contributed by atoms with Crippen molar-refractivity contribution in [3.05, 3.63) is 60.8 Å². The van der Waals surface area contributed by atoms with Crippen molar-refractivity contribution in [3.8, 4) is 0 Å². The van der Waals surface area contributed by atoms with Gasteiger partial charge in [-0.1, -0.05) is 358 Å². The number of allylic oxidation sites excluding steroid dienone is 10. The molecule has 0 N–H and O–H groups in total. The van der Waals surface area contributed by atoms with Crippen molar-refractivity contribution in [2.45, 2.75) is 399 Å². The van der Waals surface area contributed by atoms with Crippen LogP contribution in [0.2, 0.25) is 0 Å². The first-order valence-corrected chi connectivity index (χ1v) is 36.8. The van der Waals surface area contributed by atoms with Gasteiger partial charge in [0.2, 0.25) is 0 Å². The van der Waals surface area contributed by atoms with Gasteiger partial charge in [-0.2, -0.15) is 0 Å². The quantitative estimate of drug-likeness (QED) is 0.0261. The Balaban J connectivity index is 4.11. The molecule has 0 heterocycles. The maximum Gasteiger partial charge on any atom is 0.306 e. The molecule has 6 nitrogen and oxygen atoms in total. The molecule has 0 aromatic carbocycles. The SMILES string of the molecule is CC/C=C\C/C=C\C/C=C\C/C=C\CCCCCCCCCCCCCCC(=O)OC(COC(=O)CCCCCCC/C=C\CCC)COC(=O)CCCCCCCCCCCCCCCCCCCCCCCCCCCCCCCC. The number of carbonyl (C=O) groups excluding carboxylic acids is 3. The number of rotatable bonds is 68. The lowest BCUT2D eigenvalue weighted by Gasteiger charge is -2.18. The lowest BCUT2D eigenvalue weighted by Crippen LogP contribution is -2.30. The van der Waals surface area contributed by atoms with Gasteiger partial charge in [0, 0.05) is 19.3 Å². The van der Waals surface area contributed by atoms with Crippen LogP contribution in [-0.2, 0) is 28.6 Å². The molecule has 1 unspecified atom stereocenters. The highest BCUT2D eigenvalue weighted by molar-refractivity contribution is 5.71. The van der Waals surface area contributed by atoms with E-state index in [-0.39, 0.29) is 31.1 Å². The molecule has 83 heavy (non-hydrogen) atoms. The van der Waals surface area contributed by atoms with Crippen LogP contribution in [0.15, 0.2) is 60.8 Å². The Morgan fingerprint density at radius 3 is 0.795 bits per heavy atom. The van der Waals surface area contributed by atoms with Gasteiger partial charge >= 0.3 is 17.9 Å². The zero-order chi connectivity index (χ0) is 59.9. The Morgan fingerprint density at radius 1 is 0.253 bits per heavy atom. The molecule has 1 atom stereocenters. The Labute approximate surface area is 517 Å². The van der Waals surface area contributed by atoms with Crippen LogP contribution in [0.3, 0.4) is 0 Å².